The molecule has 0 unspecified atom stereocenters. The van der Waals surface area contributed by atoms with Crippen molar-refractivity contribution < 1.29 is 19.1 Å². The molecule has 0 aliphatic rings. The highest BCUT2D eigenvalue weighted by molar-refractivity contribution is 7.51. The Hall–Kier alpha value is -1.74. The molecule has 110 valence electrons. The fourth-order valence-electron chi connectivity index (χ4n) is 1.59. The van der Waals surface area contributed by atoms with Crippen molar-refractivity contribution in [1.82, 2.24) is 19.5 Å². The zero-order valence-electron chi connectivity index (χ0n) is 10.4. The molecule has 0 aliphatic carbocycles. The van der Waals surface area contributed by atoms with Crippen LogP contribution >= 0.6 is 7.60 Å². The number of nitrogen functional groups attached to an aromatic ring is 1. The lowest BCUT2D eigenvalue weighted by Crippen LogP contribution is -2.26. The summed E-state index contributed by atoms with van der Waals surface area (Å²) < 4.78 is 16.9. The minimum Gasteiger partial charge on any atom is -0.369 e. The van der Waals surface area contributed by atoms with Crippen LogP contribution < -0.4 is 11.3 Å². The van der Waals surface area contributed by atoms with E-state index in [2.05, 4.69) is 15.0 Å². The van der Waals surface area contributed by atoms with E-state index in [-0.39, 0.29) is 43.0 Å². The Morgan fingerprint density at radius 2 is 2.25 bits per heavy atom. The summed E-state index contributed by atoms with van der Waals surface area (Å²) in [4.78, 5) is 39.8. The first-order valence-electron chi connectivity index (χ1n) is 5.70. The van der Waals surface area contributed by atoms with Gasteiger partial charge in [-0.2, -0.15) is 4.98 Å². The van der Waals surface area contributed by atoms with Crippen molar-refractivity contribution in [2.75, 3.05) is 18.5 Å². The van der Waals surface area contributed by atoms with Gasteiger partial charge in [-0.15, -0.1) is 0 Å². The van der Waals surface area contributed by atoms with E-state index < -0.39 is 13.2 Å². The zero-order chi connectivity index (χ0) is 14.8. The van der Waals surface area contributed by atoms with Crippen LogP contribution in [0.3, 0.4) is 0 Å². The molecular formula is C9H14N5O5P. The van der Waals surface area contributed by atoms with Gasteiger partial charge in [-0.1, -0.05) is 0 Å². The van der Waals surface area contributed by atoms with Gasteiger partial charge in [-0.25, -0.2) is 4.98 Å². The van der Waals surface area contributed by atoms with Crippen molar-refractivity contribution in [3.63, 3.8) is 0 Å². The number of fused-ring (bicyclic) bond motifs is 1. The summed E-state index contributed by atoms with van der Waals surface area (Å²) in [5, 5.41) is 0. The quantitative estimate of drug-likeness (QED) is 0.401. The van der Waals surface area contributed by atoms with Crippen molar-refractivity contribution in [3.05, 3.63) is 16.7 Å². The molecule has 0 saturated carbocycles. The van der Waals surface area contributed by atoms with Crippen LogP contribution in [0.1, 0.15) is 6.42 Å². The third kappa shape index (κ3) is 3.42. The summed E-state index contributed by atoms with van der Waals surface area (Å²) in [6, 6.07) is 0. The first-order chi connectivity index (χ1) is 9.38. The van der Waals surface area contributed by atoms with Gasteiger partial charge in [0.05, 0.1) is 12.5 Å². The molecule has 2 rings (SSSR count). The van der Waals surface area contributed by atoms with Crippen molar-refractivity contribution in [1.29, 1.82) is 0 Å². The fourth-order valence-corrected chi connectivity index (χ4v) is 2.13. The number of aromatic amines is 1. The number of nitrogens with zero attached hydrogens (tertiary/aromatic N) is 3. The number of hydrogen-bond donors (Lipinski definition) is 4. The van der Waals surface area contributed by atoms with Gasteiger partial charge in [0.25, 0.3) is 5.56 Å². The second-order valence-corrected chi connectivity index (χ2v) is 5.86. The Bertz CT molecular complexity index is 704. The molecule has 2 aromatic rings. The van der Waals surface area contributed by atoms with Crippen LogP contribution in [-0.2, 0) is 16.0 Å². The van der Waals surface area contributed by atoms with E-state index in [1.807, 2.05) is 0 Å². The van der Waals surface area contributed by atoms with Crippen LogP contribution in [-0.4, -0.2) is 42.1 Å². The van der Waals surface area contributed by atoms with E-state index in [0.29, 0.717) is 0 Å². The summed E-state index contributed by atoms with van der Waals surface area (Å²) in [5.74, 6) is -0.0374. The molecule has 0 spiro atoms. The predicted octanol–water partition coefficient (Wildman–Crippen LogP) is -0.756. The van der Waals surface area contributed by atoms with Gasteiger partial charge in [-0.3, -0.25) is 13.9 Å². The summed E-state index contributed by atoms with van der Waals surface area (Å²) in [6.45, 7) is -0.0498. The highest BCUT2D eigenvalue weighted by Crippen LogP contribution is 2.34. The van der Waals surface area contributed by atoms with Gasteiger partial charge >= 0.3 is 7.60 Å². The molecule has 20 heavy (non-hydrogen) atoms. The van der Waals surface area contributed by atoms with Crippen LogP contribution in [0.25, 0.3) is 11.2 Å². The van der Waals surface area contributed by atoms with Gasteiger partial charge in [0.15, 0.2) is 11.2 Å². The summed E-state index contributed by atoms with van der Waals surface area (Å²) in [7, 11) is -4.02. The molecule has 0 radical (unpaired) electrons. The van der Waals surface area contributed by atoms with Gasteiger partial charge < -0.3 is 25.2 Å². The van der Waals surface area contributed by atoms with Crippen molar-refractivity contribution >= 4 is 24.7 Å². The maximum absolute atomic E-state index is 12.0. The average Bonchev–Trinajstić information content (AvgIpc) is 2.79. The third-order valence-electron chi connectivity index (χ3n) is 2.53. The van der Waals surface area contributed by atoms with Crippen LogP contribution in [0.4, 0.5) is 5.95 Å². The Morgan fingerprint density at radius 3 is 2.95 bits per heavy atom. The Morgan fingerprint density at radius 1 is 1.50 bits per heavy atom. The van der Waals surface area contributed by atoms with Gasteiger partial charge in [0, 0.05) is 6.61 Å². The lowest BCUT2D eigenvalue weighted by atomic mass is 10.5. The number of rotatable bonds is 6. The SMILES string of the molecule is Nc1nc2nc[nH]c2c(=O)n1COCCCP(=O)(O)O. The van der Waals surface area contributed by atoms with E-state index in [1.54, 1.807) is 0 Å². The van der Waals surface area contributed by atoms with Crippen molar-refractivity contribution in [3.8, 4) is 0 Å². The first kappa shape index (κ1) is 14.7. The van der Waals surface area contributed by atoms with Crippen LogP contribution in [0.2, 0.25) is 0 Å². The number of imidazole rings is 1. The Balaban J connectivity index is 2.00. The minimum absolute atomic E-state index is 0.0374. The lowest BCUT2D eigenvalue weighted by Gasteiger charge is -2.09. The van der Waals surface area contributed by atoms with Gasteiger partial charge in [0.2, 0.25) is 5.95 Å². The number of ether oxygens (including phenoxy) is 1. The van der Waals surface area contributed by atoms with E-state index >= 15 is 0 Å². The van der Waals surface area contributed by atoms with Crippen LogP contribution in [0, 0.1) is 0 Å². The fraction of sp³-hybridized carbons (Fsp3) is 0.444. The normalized spacial score (nSPS) is 12.1. The molecule has 11 heteroatoms. The molecule has 0 aliphatic heterocycles. The number of hydrogen-bond acceptors (Lipinski definition) is 6. The molecule has 0 saturated heterocycles. The third-order valence-corrected chi connectivity index (χ3v) is 3.43. The number of anilines is 1. The largest absolute Gasteiger partial charge is 0.369 e. The maximum atomic E-state index is 12.0. The monoisotopic (exact) mass is 303 g/mol. The van der Waals surface area contributed by atoms with Crippen LogP contribution in [0.15, 0.2) is 11.1 Å². The molecule has 10 nitrogen and oxygen atoms in total. The molecule has 5 N–H and O–H groups in total. The topological polar surface area (TPSA) is 156 Å². The maximum Gasteiger partial charge on any atom is 0.325 e. The average molecular weight is 303 g/mol. The Kier molecular flexibility index (Phi) is 4.19. The number of aromatic nitrogens is 4. The predicted molar refractivity (Wildman–Crippen MR) is 70.0 cm³/mol. The van der Waals surface area contributed by atoms with Gasteiger partial charge in [-0.05, 0) is 6.42 Å². The first-order valence-corrected chi connectivity index (χ1v) is 7.50. The molecule has 0 bridgehead atoms. The highest BCUT2D eigenvalue weighted by atomic mass is 31.2. The molecular weight excluding hydrogens is 289 g/mol. The molecule has 0 aromatic carbocycles. The highest BCUT2D eigenvalue weighted by Gasteiger charge is 2.13. The summed E-state index contributed by atoms with van der Waals surface area (Å²) in [5.41, 5.74) is 5.65. The molecule has 0 atom stereocenters. The second kappa shape index (κ2) is 5.71. The van der Waals surface area contributed by atoms with E-state index in [4.69, 9.17) is 20.3 Å². The molecule has 0 amide bonds. The summed E-state index contributed by atoms with van der Waals surface area (Å²) >= 11 is 0. The second-order valence-electron chi connectivity index (χ2n) is 4.08. The standard InChI is InChI=1S/C9H14N5O5P/c10-9-13-7-6(11-4-12-7)8(15)14(9)5-19-2-1-3-20(16,17)18/h4H,1-3,5H2,(H2,10,13)(H,11,12)(H2,16,17,18). The minimum atomic E-state index is -4.02. The number of H-pyrrole nitrogens is 1. The van der Waals surface area contributed by atoms with Gasteiger partial charge in [0.1, 0.15) is 6.73 Å². The van der Waals surface area contributed by atoms with E-state index in [9.17, 15) is 9.36 Å². The molecule has 2 aromatic heterocycles. The molecule has 0 fully saturated rings. The smallest absolute Gasteiger partial charge is 0.325 e. The Labute approximate surface area is 112 Å². The van der Waals surface area contributed by atoms with Crippen molar-refractivity contribution in [2.45, 2.75) is 13.2 Å². The van der Waals surface area contributed by atoms with E-state index in [0.717, 1.165) is 4.57 Å². The van der Waals surface area contributed by atoms with E-state index in [1.165, 1.54) is 6.33 Å². The van der Waals surface area contributed by atoms with Crippen molar-refractivity contribution in [2.24, 2.45) is 0 Å². The number of nitrogens with two attached hydrogens (primary N) is 1. The molecule has 2 heterocycles. The summed E-state index contributed by atoms with van der Waals surface area (Å²) in [6.07, 6.45) is 1.25. The number of nitrogens with one attached hydrogen (secondary N) is 1. The van der Waals surface area contributed by atoms with Crippen LogP contribution in [0.5, 0.6) is 0 Å². The lowest BCUT2D eigenvalue weighted by molar-refractivity contribution is 0.0761. The zero-order valence-corrected chi connectivity index (χ0v) is 11.3.